The third kappa shape index (κ3) is 5.13. The molecule has 0 aliphatic heterocycles. The Morgan fingerprint density at radius 1 is 0.824 bits per heavy atom. The van der Waals surface area contributed by atoms with Gasteiger partial charge in [-0.3, -0.25) is 4.79 Å². The van der Waals surface area contributed by atoms with Gasteiger partial charge in [-0.15, -0.1) is 0 Å². The molecule has 5 N–H and O–H groups in total. The number of ether oxygens (including phenoxy) is 3. The van der Waals surface area contributed by atoms with Crippen molar-refractivity contribution in [2.45, 2.75) is 30.7 Å². The van der Waals surface area contributed by atoms with E-state index in [0.717, 1.165) is 16.7 Å². The number of methoxy groups -OCH3 is 2. The minimum Gasteiger partial charge on any atom is -0.497 e. The molecule has 0 fully saturated rings. The van der Waals surface area contributed by atoms with Crippen molar-refractivity contribution < 1.29 is 24.1 Å². The molecule has 0 saturated carbocycles. The lowest BCUT2D eigenvalue weighted by Gasteiger charge is -2.40. The van der Waals surface area contributed by atoms with Crippen LogP contribution in [-0.4, -0.2) is 49.9 Å². The van der Waals surface area contributed by atoms with Crippen molar-refractivity contribution in [3.05, 3.63) is 95.6 Å². The number of carbonyl (C=O) groups excluding carboxylic acids is 1. The molecule has 7 heteroatoms. The van der Waals surface area contributed by atoms with Crippen molar-refractivity contribution in [2.24, 2.45) is 11.5 Å². The number of hydrogen-bond donors (Lipinski definition) is 3. The second-order valence-corrected chi connectivity index (χ2v) is 8.08. The van der Waals surface area contributed by atoms with E-state index in [-0.39, 0.29) is 0 Å². The summed E-state index contributed by atoms with van der Waals surface area (Å²) in [6.07, 6.45) is -1.17. The first kappa shape index (κ1) is 25.4. The van der Waals surface area contributed by atoms with Crippen LogP contribution < -0.4 is 20.9 Å². The molecule has 0 radical (unpaired) electrons. The van der Waals surface area contributed by atoms with Gasteiger partial charge in [-0.25, -0.2) is 0 Å². The second kappa shape index (κ2) is 11.3. The van der Waals surface area contributed by atoms with Gasteiger partial charge in [-0.1, -0.05) is 54.6 Å². The fraction of sp³-hybridized carbons (Fsp3) is 0.296. The number of benzene rings is 3. The first-order valence-electron chi connectivity index (χ1n) is 11.1. The van der Waals surface area contributed by atoms with E-state index in [1.165, 1.54) is 0 Å². The summed E-state index contributed by atoms with van der Waals surface area (Å²) in [5.41, 5.74) is 13.2. The van der Waals surface area contributed by atoms with Crippen LogP contribution in [0.25, 0.3) is 0 Å². The van der Waals surface area contributed by atoms with Gasteiger partial charge in [0.2, 0.25) is 0 Å². The van der Waals surface area contributed by atoms with E-state index in [1.807, 2.05) is 78.9 Å². The topological polar surface area (TPSA) is 117 Å². The lowest BCUT2D eigenvalue weighted by Crippen LogP contribution is -2.53. The summed E-state index contributed by atoms with van der Waals surface area (Å²) < 4.78 is 17.4. The molecule has 0 bridgehead atoms. The third-order valence-corrected chi connectivity index (χ3v) is 5.81. The first-order chi connectivity index (χ1) is 16.4. The van der Waals surface area contributed by atoms with Gasteiger partial charge >= 0.3 is 0 Å². The van der Waals surface area contributed by atoms with Crippen LogP contribution in [0.3, 0.4) is 0 Å². The number of rotatable bonds is 11. The monoisotopic (exact) mass is 464 g/mol. The molecule has 3 rings (SSSR count). The Morgan fingerprint density at radius 2 is 1.26 bits per heavy atom. The number of aliphatic hydroxyl groups excluding tert-OH is 1. The van der Waals surface area contributed by atoms with E-state index < -0.39 is 36.2 Å². The van der Waals surface area contributed by atoms with Crippen molar-refractivity contribution in [3.8, 4) is 11.5 Å². The fourth-order valence-electron chi connectivity index (χ4n) is 3.93. The molecule has 0 heterocycles. The molecule has 3 atom stereocenters. The summed E-state index contributed by atoms with van der Waals surface area (Å²) >= 11 is 0. The van der Waals surface area contributed by atoms with E-state index in [2.05, 4.69) is 0 Å². The van der Waals surface area contributed by atoms with Gasteiger partial charge in [0.25, 0.3) is 0 Å². The third-order valence-electron chi connectivity index (χ3n) is 5.81. The zero-order valence-corrected chi connectivity index (χ0v) is 19.7. The minimum absolute atomic E-state index is 0.399. The number of Topliss-reactive ketones (excluding diaryl/α,β-unsaturated/α-hetero) is 1. The quantitative estimate of drug-likeness (QED) is 0.374. The van der Waals surface area contributed by atoms with Crippen LogP contribution in [0, 0.1) is 0 Å². The lowest BCUT2D eigenvalue weighted by atomic mass is 9.79. The van der Waals surface area contributed by atoms with Crippen LogP contribution in [0.5, 0.6) is 11.5 Å². The van der Waals surface area contributed by atoms with Crippen LogP contribution in [-0.2, 0) is 15.1 Å². The van der Waals surface area contributed by atoms with Gasteiger partial charge in [-0.2, -0.15) is 0 Å². The maximum atomic E-state index is 13.1. The van der Waals surface area contributed by atoms with E-state index in [1.54, 1.807) is 21.1 Å². The molecule has 3 aromatic rings. The maximum Gasteiger partial charge on any atom is 0.179 e. The zero-order chi connectivity index (χ0) is 24.7. The van der Waals surface area contributed by atoms with E-state index in [4.69, 9.17) is 25.7 Å². The summed E-state index contributed by atoms with van der Waals surface area (Å²) in [4.78, 5) is 13.1. The highest BCUT2D eigenvalue weighted by atomic mass is 16.5. The smallest absolute Gasteiger partial charge is 0.179 e. The zero-order valence-electron chi connectivity index (χ0n) is 19.7. The van der Waals surface area contributed by atoms with Crippen molar-refractivity contribution in [1.29, 1.82) is 0 Å². The first-order valence-corrected chi connectivity index (χ1v) is 11.1. The fourth-order valence-corrected chi connectivity index (χ4v) is 3.93. The van der Waals surface area contributed by atoms with Gasteiger partial charge in [0.15, 0.2) is 5.78 Å². The average Bonchev–Trinajstić information content (AvgIpc) is 2.89. The SMILES string of the molecule is COc1ccc(C(O[C@H](C(=O)[C@H](C)N)[C@H](N)CO)(c2ccccc2)c2ccc(OC)cc2)cc1. The van der Waals surface area contributed by atoms with E-state index in [9.17, 15) is 9.90 Å². The molecular formula is C27H32N2O5. The molecule has 34 heavy (non-hydrogen) atoms. The van der Waals surface area contributed by atoms with Crippen molar-refractivity contribution in [2.75, 3.05) is 20.8 Å². The predicted octanol–water partition coefficient (Wildman–Crippen LogP) is 2.62. The van der Waals surface area contributed by atoms with Gasteiger partial charge in [-0.05, 0) is 47.9 Å². The molecule has 180 valence electrons. The Labute approximate surface area is 200 Å². The Balaban J connectivity index is 2.32. The van der Waals surface area contributed by atoms with Crippen LogP contribution in [0.4, 0.5) is 0 Å². The summed E-state index contributed by atoms with van der Waals surface area (Å²) in [5.74, 6) is 0.954. The Kier molecular flexibility index (Phi) is 8.41. The standard InChI is InChI=1S/C27H32N2O5/c1-18(28)25(31)26(24(29)17-30)34-27(19-7-5-4-6-8-19,20-9-13-22(32-2)14-10-20)21-11-15-23(33-3)16-12-21/h4-16,18,24,26,30H,17,28-29H2,1-3H3/t18-,24+,26-/m0/s1. The Hall–Kier alpha value is -3.23. The summed E-state index contributed by atoms with van der Waals surface area (Å²) in [5, 5.41) is 9.85. The summed E-state index contributed by atoms with van der Waals surface area (Å²) in [7, 11) is 3.19. The number of carbonyl (C=O) groups is 1. The molecule has 0 aliphatic carbocycles. The van der Waals surface area contributed by atoms with Crippen LogP contribution in [0.2, 0.25) is 0 Å². The van der Waals surface area contributed by atoms with Gasteiger partial charge in [0.1, 0.15) is 23.2 Å². The lowest BCUT2D eigenvalue weighted by molar-refractivity contribution is -0.142. The molecule has 3 aromatic carbocycles. The van der Waals surface area contributed by atoms with Crippen molar-refractivity contribution in [1.82, 2.24) is 0 Å². The molecule has 0 spiro atoms. The summed E-state index contributed by atoms with van der Waals surface area (Å²) in [6, 6.07) is 22.6. The molecule has 0 saturated heterocycles. The molecule has 0 aliphatic rings. The predicted molar refractivity (Wildman–Crippen MR) is 131 cm³/mol. The highest BCUT2D eigenvalue weighted by Crippen LogP contribution is 2.43. The Morgan fingerprint density at radius 3 is 1.65 bits per heavy atom. The van der Waals surface area contributed by atoms with Crippen molar-refractivity contribution >= 4 is 5.78 Å². The van der Waals surface area contributed by atoms with E-state index >= 15 is 0 Å². The van der Waals surface area contributed by atoms with Crippen LogP contribution in [0.15, 0.2) is 78.9 Å². The normalized spacial score (nSPS) is 14.2. The molecular weight excluding hydrogens is 432 g/mol. The number of ketones is 1. The van der Waals surface area contributed by atoms with Gasteiger partial charge < -0.3 is 30.8 Å². The van der Waals surface area contributed by atoms with E-state index in [0.29, 0.717) is 11.5 Å². The van der Waals surface area contributed by atoms with Crippen molar-refractivity contribution in [3.63, 3.8) is 0 Å². The molecule has 0 unspecified atom stereocenters. The molecule has 0 aromatic heterocycles. The highest BCUT2D eigenvalue weighted by Gasteiger charge is 2.43. The van der Waals surface area contributed by atoms with Crippen LogP contribution in [0.1, 0.15) is 23.6 Å². The Bertz CT molecular complexity index is 1010. The number of aliphatic hydroxyl groups is 1. The number of nitrogens with two attached hydrogens (primary N) is 2. The van der Waals surface area contributed by atoms with Crippen LogP contribution >= 0.6 is 0 Å². The number of hydrogen-bond acceptors (Lipinski definition) is 7. The molecule has 0 amide bonds. The average molecular weight is 465 g/mol. The maximum absolute atomic E-state index is 13.1. The highest BCUT2D eigenvalue weighted by molar-refractivity contribution is 5.88. The van der Waals surface area contributed by atoms with Gasteiger partial charge in [0, 0.05) is 0 Å². The second-order valence-electron chi connectivity index (χ2n) is 8.08. The molecule has 7 nitrogen and oxygen atoms in total. The minimum atomic E-state index is -1.25. The van der Waals surface area contributed by atoms with Gasteiger partial charge in [0.05, 0.1) is 32.9 Å². The largest absolute Gasteiger partial charge is 0.497 e. The summed E-state index contributed by atoms with van der Waals surface area (Å²) in [6.45, 7) is 1.13.